The van der Waals surface area contributed by atoms with Gasteiger partial charge in [0.1, 0.15) is 0 Å². The highest BCUT2D eigenvalue weighted by molar-refractivity contribution is 7.10. The maximum atomic E-state index is 12.1. The Morgan fingerprint density at radius 2 is 2.26 bits per heavy atom. The summed E-state index contributed by atoms with van der Waals surface area (Å²) in [6, 6.07) is 3.61. The Hall–Kier alpha value is -1.48. The van der Waals surface area contributed by atoms with Gasteiger partial charge in [-0.1, -0.05) is 6.07 Å². The number of β-amino-alcohol motifs (C(OH)–C–C–N with tert-alkyl or cyclic N) is 1. The van der Waals surface area contributed by atoms with Crippen molar-refractivity contribution >= 4 is 23.2 Å². The number of aliphatic hydroxyl groups excluding tert-OH is 1. The van der Waals surface area contributed by atoms with E-state index in [4.69, 9.17) is 5.11 Å². The summed E-state index contributed by atoms with van der Waals surface area (Å²) >= 11 is 1.60. The van der Waals surface area contributed by atoms with Crippen LogP contribution >= 0.6 is 11.3 Å². The van der Waals surface area contributed by atoms with Crippen molar-refractivity contribution in [1.29, 1.82) is 0 Å². The van der Waals surface area contributed by atoms with E-state index in [9.17, 15) is 14.7 Å². The first-order valence-electron chi connectivity index (χ1n) is 7.52. The number of carbonyl (C=O) groups excluding carboxylic acids is 1. The summed E-state index contributed by atoms with van der Waals surface area (Å²) in [5.74, 6) is -1.03. The van der Waals surface area contributed by atoms with Gasteiger partial charge in [-0.05, 0) is 25.4 Å². The van der Waals surface area contributed by atoms with Gasteiger partial charge in [-0.2, -0.15) is 0 Å². The molecule has 0 bridgehead atoms. The van der Waals surface area contributed by atoms with Crippen molar-refractivity contribution in [3.63, 3.8) is 0 Å². The fourth-order valence-corrected chi connectivity index (χ4v) is 3.57. The number of hydrogen-bond acceptors (Lipinski definition) is 6. The van der Waals surface area contributed by atoms with Crippen LogP contribution in [0.25, 0.3) is 0 Å². The highest BCUT2D eigenvalue weighted by atomic mass is 32.1. The Bertz CT molecular complexity index is 537. The quantitative estimate of drug-likeness (QED) is 0.646. The molecule has 1 fully saturated rings. The van der Waals surface area contributed by atoms with Crippen LogP contribution in [0.3, 0.4) is 0 Å². The molecule has 23 heavy (non-hydrogen) atoms. The third-order valence-corrected chi connectivity index (χ3v) is 5.06. The predicted octanol–water partition coefficient (Wildman–Crippen LogP) is -0.0132. The van der Waals surface area contributed by atoms with E-state index in [1.54, 1.807) is 23.3 Å². The molecule has 3 atom stereocenters. The lowest BCUT2D eigenvalue weighted by atomic mass is 10.2. The number of nitrogens with zero attached hydrogens (tertiary/aromatic N) is 2. The predicted molar refractivity (Wildman–Crippen MR) is 87.4 cm³/mol. The first kappa shape index (κ1) is 17.9. The largest absolute Gasteiger partial charge is 0.480 e. The maximum absolute atomic E-state index is 12.1. The molecule has 1 aliphatic heterocycles. The molecule has 1 aromatic heterocycles. The van der Waals surface area contributed by atoms with Crippen LogP contribution < -0.4 is 5.32 Å². The van der Waals surface area contributed by atoms with Crippen LogP contribution in [0, 0.1) is 0 Å². The Labute approximate surface area is 139 Å². The van der Waals surface area contributed by atoms with Crippen molar-refractivity contribution in [2.75, 3.05) is 33.2 Å². The zero-order valence-electron chi connectivity index (χ0n) is 13.3. The van der Waals surface area contributed by atoms with Crippen LogP contribution in [0.1, 0.15) is 17.8 Å². The van der Waals surface area contributed by atoms with Crippen molar-refractivity contribution in [2.45, 2.75) is 25.1 Å². The van der Waals surface area contributed by atoms with Crippen LogP contribution in [-0.2, 0) is 9.59 Å². The summed E-state index contributed by atoms with van der Waals surface area (Å²) in [6.45, 7) is 2.86. The van der Waals surface area contributed by atoms with Gasteiger partial charge in [0.25, 0.3) is 0 Å². The average molecular weight is 341 g/mol. The monoisotopic (exact) mass is 341 g/mol. The summed E-state index contributed by atoms with van der Waals surface area (Å²) in [4.78, 5) is 27.5. The number of rotatable bonds is 7. The molecule has 0 saturated carbocycles. The number of nitrogens with one attached hydrogen (secondary N) is 1. The molecule has 1 aliphatic rings. The van der Waals surface area contributed by atoms with E-state index in [1.165, 1.54) is 0 Å². The molecule has 128 valence electrons. The van der Waals surface area contributed by atoms with E-state index < -0.39 is 12.1 Å². The van der Waals surface area contributed by atoms with E-state index >= 15 is 0 Å². The fourth-order valence-electron chi connectivity index (χ4n) is 2.84. The second-order valence-corrected chi connectivity index (χ2v) is 6.92. The number of aliphatic hydroxyl groups is 1. The van der Waals surface area contributed by atoms with Gasteiger partial charge >= 0.3 is 5.97 Å². The number of amides is 1. The van der Waals surface area contributed by atoms with Gasteiger partial charge in [0.2, 0.25) is 5.91 Å². The van der Waals surface area contributed by atoms with Crippen LogP contribution in [0.5, 0.6) is 0 Å². The number of carbonyl (C=O) groups is 2. The second-order valence-electron chi connectivity index (χ2n) is 5.94. The van der Waals surface area contributed by atoms with Crippen molar-refractivity contribution in [3.05, 3.63) is 22.4 Å². The van der Waals surface area contributed by atoms with Gasteiger partial charge < -0.3 is 15.5 Å². The molecule has 0 radical (unpaired) electrons. The summed E-state index contributed by atoms with van der Waals surface area (Å²) in [7, 11) is 1.67. The molecule has 0 aliphatic carbocycles. The number of likely N-dealkylation sites (tertiary alicyclic amines) is 1. The zero-order chi connectivity index (χ0) is 17.0. The summed E-state index contributed by atoms with van der Waals surface area (Å²) in [6.07, 6.45) is -0.651. The van der Waals surface area contributed by atoms with E-state index in [0.29, 0.717) is 13.1 Å². The summed E-state index contributed by atoms with van der Waals surface area (Å²) < 4.78 is 0. The van der Waals surface area contributed by atoms with E-state index in [2.05, 4.69) is 5.32 Å². The molecule has 3 N–H and O–H groups in total. The van der Waals surface area contributed by atoms with Gasteiger partial charge in [0.05, 0.1) is 25.2 Å². The molecule has 0 unspecified atom stereocenters. The fraction of sp³-hybridized carbons (Fsp3) is 0.600. The summed E-state index contributed by atoms with van der Waals surface area (Å²) in [5, 5.41) is 23.8. The number of aliphatic carboxylic acids is 1. The minimum atomic E-state index is -0.930. The van der Waals surface area contributed by atoms with E-state index in [1.807, 2.05) is 29.3 Å². The molecular weight excluding hydrogens is 318 g/mol. The van der Waals surface area contributed by atoms with Crippen molar-refractivity contribution < 1.29 is 19.8 Å². The maximum Gasteiger partial charge on any atom is 0.317 e. The SMILES string of the molecule is C[C@H](NC(=O)CN1C[C@@H](O)[C@H](N(C)CC(=O)O)C1)c1cccs1. The molecule has 1 aromatic rings. The average Bonchev–Trinajstić information content (AvgIpc) is 3.07. The number of likely N-dealkylation sites (N-methyl/N-ethyl adjacent to an activating group) is 1. The van der Waals surface area contributed by atoms with Crippen molar-refractivity contribution in [3.8, 4) is 0 Å². The molecular formula is C15H23N3O4S. The van der Waals surface area contributed by atoms with Gasteiger partial charge in [0, 0.05) is 24.0 Å². The normalized spacial score (nSPS) is 23.1. The summed E-state index contributed by atoms with van der Waals surface area (Å²) in [5.41, 5.74) is 0. The topological polar surface area (TPSA) is 93.1 Å². The Balaban J connectivity index is 1.82. The molecule has 8 heteroatoms. The lowest BCUT2D eigenvalue weighted by Gasteiger charge is -2.24. The Morgan fingerprint density at radius 3 is 2.87 bits per heavy atom. The number of carboxylic acid groups (broad SMARTS) is 1. The van der Waals surface area contributed by atoms with Gasteiger partial charge in [-0.3, -0.25) is 19.4 Å². The van der Waals surface area contributed by atoms with Gasteiger partial charge in [-0.15, -0.1) is 11.3 Å². The first-order chi connectivity index (χ1) is 10.9. The highest BCUT2D eigenvalue weighted by Gasteiger charge is 2.35. The van der Waals surface area contributed by atoms with E-state index in [0.717, 1.165) is 4.88 Å². The van der Waals surface area contributed by atoms with Gasteiger partial charge in [0.15, 0.2) is 0 Å². The third-order valence-electron chi connectivity index (χ3n) is 4.00. The third kappa shape index (κ3) is 5.00. The van der Waals surface area contributed by atoms with Crippen molar-refractivity contribution in [2.24, 2.45) is 0 Å². The molecule has 1 amide bonds. The van der Waals surface area contributed by atoms with Crippen LogP contribution in [-0.4, -0.2) is 77.3 Å². The molecule has 1 saturated heterocycles. The molecule has 7 nitrogen and oxygen atoms in total. The van der Waals surface area contributed by atoms with Gasteiger partial charge in [-0.25, -0.2) is 0 Å². The highest BCUT2D eigenvalue weighted by Crippen LogP contribution is 2.18. The molecule has 2 rings (SSSR count). The first-order valence-corrected chi connectivity index (χ1v) is 8.40. The lowest BCUT2D eigenvalue weighted by molar-refractivity contribution is -0.138. The molecule has 0 aromatic carbocycles. The Kier molecular flexibility index (Phi) is 6.11. The molecule has 0 spiro atoms. The number of hydrogen-bond donors (Lipinski definition) is 3. The van der Waals surface area contributed by atoms with Crippen LogP contribution in [0.4, 0.5) is 0 Å². The second kappa shape index (κ2) is 7.87. The lowest BCUT2D eigenvalue weighted by Crippen LogP contribution is -2.43. The number of carboxylic acids is 1. The minimum absolute atomic E-state index is 0.0412. The van der Waals surface area contributed by atoms with E-state index in [-0.39, 0.29) is 31.1 Å². The minimum Gasteiger partial charge on any atom is -0.480 e. The standard InChI is InChI=1S/C15H23N3O4S/c1-10(13-4-3-5-23-13)16-14(20)8-18-6-11(12(19)7-18)17(2)9-15(21)22/h3-5,10-12,19H,6-9H2,1-2H3,(H,16,20)(H,21,22)/t10-,11+,12+/m0/s1. The van der Waals surface area contributed by atoms with Crippen LogP contribution in [0.2, 0.25) is 0 Å². The molecule has 2 heterocycles. The number of thiophene rings is 1. The van der Waals surface area contributed by atoms with Crippen LogP contribution in [0.15, 0.2) is 17.5 Å². The van der Waals surface area contributed by atoms with Crippen molar-refractivity contribution in [1.82, 2.24) is 15.1 Å². The zero-order valence-corrected chi connectivity index (χ0v) is 14.1. The smallest absolute Gasteiger partial charge is 0.317 e. The Morgan fingerprint density at radius 1 is 1.52 bits per heavy atom.